The summed E-state index contributed by atoms with van der Waals surface area (Å²) in [6.07, 6.45) is 2.38. The third-order valence-corrected chi connectivity index (χ3v) is 5.99. The Kier molecular flexibility index (Phi) is 5.49. The minimum atomic E-state index is -3.59. The highest BCUT2D eigenvalue weighted by atomic mass is 35.5. The largest absolute Gasteiger partial charge is 0.309 e. The van der Waals surface area contributed by atoms with Gasteiger partial charge in [-0.2, -0.15) is 0 Å². The summed E-state index contributed by atoms with van der Waals surface area (Å²) in [4.78, 5) is 0.197. The second-order valence-corrected chi connectivity index (χ2v) is 7.59. The molecule has 0 aliphatic carbocycles. The number of thioether (sulfide) groups is 1. The minimum Gasteiger partial charge on any atom is -0.309 e. The van der Waals surface area contributed by atoms with Crippen LogP contribution in [-0.2, 0) is 23.5 Å². The van der Waals surface area contributed by atoms with E-state index in [-0.39, 0.29) is 11.4 Å². The Morgan fingerprint density at radius 3 is 2.73 bits per heavy atom. The van der Waals surface area contributed by atoms with Crippen LogP contribution in [0.15, 0.2) is 28.3 Å². The van der Waals surface area contributed by atoms with Gasteiger partial charge in [-0.1, -0.05) is 29.4 Å². The molecule has 2 rings (SSSR count). The predicted octanol–water partition coefficient (Wildman–Crippen LogP) is 2.02. The van der Waals surface area contributed by atoms with Crippen LogP contribution in [0.1, 0.15) is 11.4 Å². The van der Waals surface area contributed by atoms with Gasteiger partial charge in [0, 0.05) is 25.0 Å². The number of aromatic nitrogens is 3. The number of hydrogen-bond donors (Lipinski definition) is 1. The number of hydrogen-bond acceptors (Lipinski definition) is 5. The first-order valence-corrected chi connectivity index (χ1v) is 9.62. The molecular weight excluding hydrogens is 344 g/mol. The molecule has 6 nitrogen and oxygen atoms in total. The molecule has 0 aliphatic rings. The average molecular weight is 361 g/mol. The van der Waals surface area contributed by atoms with E-state index in [1.165, 1.54) is 17.8 Å². The number of nitrogens with zero attached hydrogens (tertiary/aromatic N) is 3. The molecule has 0 spiro atoms. The molecule has 2 aromatic rings. The molecule has 1 heterocycles. The van der Waals surface area contributed by atoms with Crippen molar-refractivity contribution >= 4 is 33.4 Å². The molecule has 0 atom stereocenters. The molecule has 22 heavy (non-hydrogen) atoms. The molecule has 1 N–H and O–H groups in total. The first kappa shape index (κ1) is 17.3. The minimum absolute atomic E-state index is 0.197. The molecule has 0 bridgehead atoms. The van der Waals surface area contributed by atoms with Gasteiger partial charge in [-0.05, 0) is 30.9 Å². The molecule has 0 unspecified atom stereocenters. The lowest BCUT2D eigenvalue weighted by Gasteiger charge is -2.10. The second kappa shape index (κ2) is 6.99. The Balaban J connectivity index is 2.07. The van der Waals surface area contributed by atoms with Crippen LogP contribution in [0.25, 0.3) is 0 Å². The van der Waals surface area contributed by atoms with Crippen molar-refractivity contribution in [2.75, 3.05) is 12.8 Å². The zero-order valence-electron chi connectivity index (χ0n) is 12.5. The lowest BCUT2D eigenvalue weighted by molar-refractivity contribution is 0.579. The monoisotopic (exact) mass is 360 g/mol. The highest BCUT2D eigenvalue weighted by molar-refractivity contribution is 7.98. The van der Waals surface area contributed by atoms with Crippen molar-refractivity contribution in [2.45, 2.75) is 23.4 Å². The molecule has 1 aromatic carbocycles. The van der Waals surface area contributed by atoms with Crippen molar-refractivity contribution < 1.29 is 8.42 Å². The second-order valence-electron chi connectivity index (χ2n) is 4.67. The lowest BCUT2D eigenvalue weighted by atomic mass is 10.2. The van der Waals surface area contributed by atoms with E-state index in [4.69, 9.17) is 11.6 Å². The van der Waals surface area contributed by atoms with Crippen molar-refractivity contribution in [3.05, 3.63) is 34.6 Å². The van der Waals surface area contributed by atoms with Gasteiger partial charge in [0.1, 0.15) is 5.82 Å². The Hall–Kier alpha value is -1.09. The molecule has 0 saturated carbocycles. The maximum atomic E-state index is 12.3. The maximum absolute atomic E-state index is 12.3. The zero-order valence-corrected chi connectivity index (χ0v) is 14.9. The summed E-state index contributed by atoms with van der Waals surface area (Å²) in [5.74, 6) is 0.731. The van der Waals surface area contributed by atoms with Crippen LogP contribution in [0, 0.1) is 6.92 Å². The summed E-state index contributed by atoms with van der Waals surface area (Å²) in [6, 6.07) is 4.83. The summed E-state index contributed by atoms with van der Waals surface area (Å²) in [5, 5.41) is 9.29. The smallest absolute Gasteiger partial charge is 0.240 e. The standard InChI is InChI=1S/C13H17ClN4O2S2/c1-9-10(14)5-4-6-11(9)22(19,20)15-8-7-12-16-17-13(21-3)18(12)2/h4-6,15H,7-8H2,1-3H3. The van der Waals surface area contributed by atoms with Crippen LogP contribution in [0.2, 0.25) is 5.02 Å². The van der Waals surface area contributed by atoms with Gasteiger partial charge in [-0.15, -0.1) is 10.2 Å². The predicted molar refractivity (Wildman–Crippen MR) is 87.9 cm³/mol. The SMILES string of the molecule is CSc1nnc(CCNS(=O)(=O)c2cccc(Cl)c2C)n1C. The first-order chi connectivity index (χ1) is 10.4. The van der Waals surface area contributed by atoms with Crippen LogP contribution in [0.5, 0.6) is 0 Å². The highest BCUT2D eigenvalue weighted by Gasteiger charge is 2.18. The Morgan fingerprint density at radius 1 is 1.36 bits per heavy atom. The molecule has 0 fully saturated rings. The van der Waals surface area contributed by atoms with E-state index in [2.05, 4.69) is 14.9 Å². The van der Waals surface area contributed by atoms with Crippen molar-refractivity contribution in [1.82, 2.24) is 19.5 Å². The molecule has 0 aliphatic heterocycles. The number of benzene rings is 1. The molecule has 9 heteroatoms. The van der Waals surface area contributed by atoms with Gasteiger partial charge in [-0.3, -0.25) is 0 Å². The Labute approximate surface area is 139 Å². The van der Waals surface area contributed by atoms with Crippen LogP contribution >= 0.6 is 23.4 Å². The maximum Gasteiger partial charge on any atom is 0.240 e. The van der Waals surface area contributed by atoms with Gasteiger partial charge >= 0.3 is 0 Å². The van der Waals surface area contributed by atoms with Crippen molar-refractivity contribution in [2.24, 2.45) is 7.05 Å². The van der Waals surface area contributed by atoms with Crippen molar-refractivity contribution in [3.8, 4) is 0 Å². The normalized spacial score (nSPS) is 11.8. The number of sulfonamides is 1. The third-order valence-electron chi connectivity index (χ3n) is 3.26. The van der Waals surface area contributed by atoms with E-state index in [0.29, 0.717) is 17.0 Å². The van der Waals surface area contributed by atoms with Crippen LogP contribution in [-0.4, -0.2) is 36.0 Å². The van der Waals surface area contributed by atoms with E-state index < -0.39 is 10.0 Å². The van der Waals surface area contributed by atoms with E-state index in [1.807, 2.05) is 17.9 Å². The molecule has 120 valence electrons. The molecule has 0 amide bonds. The number of halogens is 1. The molecule has 0 radical (unpaired) electrons. The first-order valence-electron chi connectivity index (χ1n) is 6.54. The van der Waals surface area contributed by atoms with E-state index in [1.54, 1.807) is 19.1 Å². The summed E-state index contributed by atoms with van der Waals surface area (Å²) in [6.45, 7) is 1.93. The van der Waals surface area contributed by atoms with Gasteiger partial charge < -0.3 is 4.57 Å². The van der Waals surface area contributed by atoms with Crippen LogP contribution in [0.3, 0.4) is 0 Å². The quantitative estimate of drug-likeness (QED) is 0.797. The number of nitrogens with one attached hydrogen (secondary N) is 1. The fourth-order valence-corrected chi connectivity index (χ4v) is 4.02. The van der Waals surface area contributed by atoms with Crippen LogP contribution < -0.4 is 4.72 Å². The fraction of sp³-hybridized carbons (Fsp3) is 0.385. The van der Waals surface area contributed by atoms with Gasteiger partial charge in [0.2, 0.25) is 10.0 Å². The van der Waals surface area contributed by atoms with E-state index in [9.17, 15) is 8.42 Å². The van der Waals surface area contributed by atoms with Crippen molar-refractivity contribution in [3.63, 3.8) is 0 Å². The summed E-state index contributed by atoms with van der Waals surface area (Å²) in [5.41, 5.74) is 0.542. The summed E-state index contributed by atoms with van der Waals surface area (Å²) >= 11 is 7.46. The highest BCUT2D eigenvalue weighted by Crippen LogP contribution is 2.22. The average Bonchev–Trinajstić information content (AvgIpc) is 2.82. The molecular formula is C13H17ClN4O2S2. The Morgan fingerprint density at radius 2 is 2.09 bits per heavy atom. The molecule has 0 saturated heterocycles. The summed E-state index contributed by atoms with van der Waals surface area (Å²) in [7, 11) is -1.73. The van der Waals surface area contributed by atoms with Gasteiger partial charge in [-0.25, -0.2) is 13.1 Å². The molecule has 1 aromatic heterocycles. The Bertz CT molecular complexity index is 774. The third kappa shape index (κ3) is 3.62. The van der Waals surface area contributed by atoms with Crippen LogP contribution in [0.4, 0.5) is 0 Å². The zero-order chi connectivity index (χ0) is 16.3. The summed E-state index contributed by atoms with van der Waals surface area (Å²) < 4.78 is 29.1. The van der Waals surface area contributed by atoms with Crippen molar-refractivity contribution in [1.29, 1.82) is 0 Å². The number of rotatable bonds is 6. The van der Waals surface area contributed by atoms with Gasteiger partial charge in [0.15, 0.2) is 5.16 Å². The van der Waals surface area contributed by atoms with E-state index >= 15 is 0 Å². The fourth-order valence-electron chi connectivity index (χ4n) is 1.99. The van der Waals surface area contributed by atoms with E-state index in [0.717, 1.165) is 11.0 Å². The lowest BCUT2D eigenvalue weighted by Crippen LogP contribution is -2.27. The topological polar surface area (TPSA) is 76.9 Å². The van der Waals surface area contributed by atoms with Gasteiger partial charge in [0.05, 0.1) is 4.90 Å². The van der Waals surface area contributed by atoms with Gasteiger partial charge in [0.25, 0.3) is 0 Å².